The first-order valence-corrected chi connectivity index (χ1v) is 10.4. The van der Waals surface area contributed by atoms with Crippen LogP contribution in [-0.4, -0.2) is 34.0 Å². The zero-order valence-corrected chi connectivity index (χ0v) is 15.5. The number of fused-ring (bicyclic) bond motifs is 2. The lowest BCUT2D eigenvalue weighted by Gasteiger charge is -2.29. The molecule has 0 spiro atoms. The van der Waals surface area contributed by atoms with E-state index in [2.05, 4.69) is 26.6 Å². The predicted octanol–water partition coefficient (Wildman–Crippen LogP) is 2.74. The Labute approximate surface area is 148 Å². The molecule has 1 amide bonds. The molecule has 2 N–H and O–H groups in total. The molecular weight excluding hydrogens is 376 g/mol. The Hall–Kier alpha value is -0.720. The van der Waals surface area contributed by atoms with Crippen molar-refractivity contribution in [1.29, 1.82) is 0 Å². The van der Waals surface area contributed by atoms with Crippen molar-refractivity contribution in [2.75, 3.05) is 5.75 Å². The highest BCUT2D eigenvalue weighted by Gasteiger charge is 2.33. The molecule has 0 aromatic heterocycles. The quantitative estimate of drug-likeness (QED) is 0.774. The minimum atomic E-state index is -1.03. The van der Waals surface area contributed by atoms with Gasteiger partial charge in [-0.1, -0.05) is 15.9 Å². The van der Waals surface area contributed by atoms with Gasteiger partial charge in [0, 0.05) is 39.7 Å². The van der Waals surface area contributed by atoms with E-state index in [-0.39, 0.29) is 5.91 Å². The third kappa shape index (κ3) is 4.88. The lowest BCUT2D eigenvalue weighted by molar-refractivity contribution is -0.122. The van der Waals surface area contributed by atoms with Gasteiger partial charge >= 0.3 is 0 Å². The van der Waals surface area contributed by atoms with Gasteiger partial charge in [0.2, 0.25) is 5.91 Å². The van der Waals surface area contributed by atoms with Crippen molar-refractivity contribution in [2.45, 2.75) is 61.5 Å². The molecule has 3 unspecified atom stereocenters. The Bertz CT molecular complexity index is 566. The number of carbonyl (C=O) groups excluding carboxylic acids is 1. The fourth-order valence-corrected chi connectivity index (χ4v) is 4.89. The molecule has 3 atom stereocenters. The molecule has 0 aliphatic carbocycles. The maximum Gasteiger partial charge on any atom is 0.220 e. The smallest absolute Gasteiger partial charge is 0.220 e. The highest BCUT2D eigenvalue weighted by Crippen LogP contribution is 2.26. The number of rotatable bonds is 6. The van der Waals surface area contributed by atoms with Crippen LogP contribution in [0.25, 0.3) is 0 Å². The second-order valence-corrected chi connectivity index (χ2v) is 8.97. The molecule has 1 aromatic carbocycles. The first-order chi connectivity index (χ1) is 11.1. The molecule has 2 fully saturated rings. The predicted molar refractivity (Wildman–Crippen MR) is 95.8 cm³/mol. The van der Waals surface area contributed by atoms with Crippen LogP contribution in [0.2, 0.25) is 0 Å². The summed E-state index contributed by atoms with van der Waals surface area (Å²) in [5, 5.41) is 6.74. The molecule has 2 bridgehead atoms. The van der Waals surface area contributed by atoms with Crippen LogP contribution in [0.3, 0.4) is 0 Å². The molecule has 126 valence electrons. The second kappa shape index (κ2) is 7.90. The van der Waals surface area contributed by atoms with Crippen molar-refractivity contribution >= 4 is 32.6 Å². The summed E-state index contributed by atoms with van der Waals surface area (Å²) in [6, 6.07) is 9.01. The molecule has 23 heavy (non-hydrogen) atoms. The van der Waals surface area contributed by atoms with E-state index in [0.29, 0.717) is 36.7 Å². The third-order valence-electron chi connectivity index (χ3n) is 4.65. The lowest BCUT2D eigenvalue weighted by Crippen LogP contribution is -2.48. The summed E-state index contributed by atoms with van der Waals surface area (Å²) in [5.74, 6) is 0.635. The van der Waals surface area contributed by atoms with E-state index in [1.165, 1.54) is 12.8 Å². The molecule has 2 aliphatic rings. The van der Waals surface area contributed by atoms with Gasteiger partial charge in [-0.15, -0.1) is 0 Å². The van der Waals surface area contributed by atoms with Crippen LogP contribution in [0, 0.1) is 0 Å². The molecule has 1 aromatic rings. The van der Waals surface area contributed by atoms with Gasteiger partial charge in [0.05, 0.1) is 10.8 Å². The average Bonchev–Trinajstić information content (AvgIpc) is 2.86. The van der Waals surface area contributed by atoms with Crippen LogP contribution in [0.1, 0.15) is 38.5 Å². The molecule has 6 heteroatoms. The van der Waals surface area contributed by atoms with E-state index in [1.807, 2.05) is 24.3 Å². The molecule has 4 nitrogen and oxygen atoms in total. The van der Waals surface area contributed by atoms with Gasteiger partial charge in [-0.05, 0) is 56.4 Å². The van der Waals surface area contributed by atoms with Gasteiger partial charge in [0.1, 0.15) is 0 Å². The van der Waals surface area contributed by atoms with Crippen LogP contribution in [-0.2, 0) is 15.6 Å². The van der Waals surface area contributed by atoms with E-state index in [9.17, 15) is 9.00 Å². The van der Waals surface area contributed by atoms with E-state index in [1.54, 1.807) is 0 Å². The number of hydrogen-bond donors (Lipinski definition) is 2. The van der Waals surface area contributed by atoms with Gasteiger partial charge in [-0.2, -0.15) is 0 Å². The van der Waals surface area contributed by atoms with Gasteiger partial charge in [0.25, 0.3) is 0 Å². The van der Waals surface area contributed by atoms with E-state index in [0.717, 1.165) is 22.2 Å². The Morgan fingerprint density at radius 1 is 1.22 bits per heavy atom. The lowest BCUT2D eigenvalue weighted by atomic mass is 10.00. The van der Waals surface area contributed by atoms with Crippen molar-refractivity contribution in [1.82, 2.24) is 10.6 Å². The molecule has 0 saturated carbocycles. The van der Waals surface area contributed by atoms with Crippen LogP contribution in [0.15, 0.2) is 33.6 Å². The minimum Gasteiger partial charge on any atom is -0.353 e. The molecule has 3 rings (SSSR count). The number of benzene rings is 1. The van der Waals surface area contributed by atoms with E-state index < -0.39 is 10.8 Å². The van der Waals surface area contributed by atoms with Gasteiger partial charge in [0.15, 0.2) is 0 Å². The van der Waals surface area contributed by atoms with Crippen molar-refractivity contribution in [2.24, 2.45) is 0 Å². The number of hydrogen-bond acceptors (Lipinski definition) is 3. The molecular formula is C17H23BrN2O2S. The van der Waals surface area contributed by atoms with Crippen LogP contribution < -0.4 is 10.6 Å². The Morgan fingerprint density at radius 3 is 2.52 bits per heavy atom. The molecule has 0 radical (unpaired) electrons. The van der Waals surface area contributed by atoms with Crippen LogP contribution in [0.5, 0.6) is 0 Å². The molecule has 2 aliphatic heterocycles. The fraction of sp³-hybridized carbons (Fsp3) is 0.588. The van der Waals surface area contributed by atoms with Crippen LogP contribution in [0.4, 0.5) is 0 Å². The molecule has 2 heterocycles. The minimum absolute atomic E-state index is 0.101. The summed E-state index contributed by atoms with van der Waals surface area (Å²) in [7, 11) is -1.03. The number of carbonyl (C=O) groups is 1. The zero-order chi connectivity index (χ0) is 16.2. The van der Waals surface area contributed by atoms with Crippen LogP contribution >= 0.6 is 15.9 Å². The number of nitrogens with one attached hydrogen (secondary N) is 2. The monoisotopic (exact) mass is 398 g/mol. The fourth-order valence-electron chi connectivity index (χ4n) is 3.54. The third-order valence-corrected chi connectivity index (χ3v) is 6.63. The number of halogens is 1. The summed E-state index contributed by atoms with van der Waals surface area (Å²) in [6.07, 6.45) is 5.69. The first-order valence-electron chi connectivity index (χ1n) is 8.29. The summed E-state index contributed by atoms with van der Waals surface area (Å²) in [6.45, 7) is 0. The standard InChI is InChI=1S/C17H23BrN2O2S/c18-12-3-7-16(8-4-12)23(22)9-1-2-17(21)20-15-10-13-5-6-14(11-15)19-13/h3-4,7-8,13-15,19H,1-2,5-6,9-11H2,(H,20,21). The first kappa shape index (κ1) is 17.1. The zero-order valence-electron chi connectivity index (χ0n) is 13.1. The molecule has 2 saturated heterocycles. The second-order valence-electron chi connectivity index (χ2n) is 6.48. The van der Waals surface area contributed by atoms with Crippen molar-refractivity contribution in [3.05, 3.63) is 28.7 Å². The van der Waals surface area contributed by atoms with E-state index >= 15 is 0 Å². The normalized spacial score (nSPS) is 27.6. The summed E-state index contributed by atoms with van der Waals surface area (Å²) in [5.41, 5.74) is 0. The number of amides is 1. The van der Waals surface area contributed by atoms with Gasteiger partial charge < -0.3 is 10.6 Å². The Kier molecular flexibility index (Phi) is 5.88. The average molecular weight is 399 g/mol. The Balaban J connectivity index is 1.37. The topological polar surface area (TPSA) is 58.2 Å². The van der Waals surface area contributed by atoms with Crippen molar-refractivity contribution in [3.8, 4) is 0 Å². The SMILES string of the molecule is O=C(CCCS(=O)c1ccc(Br)cc1)NC1CC2CCC(C1)N2. The highest BCUT2D eigenvalue weighted by molar-refractivity contribution is 9.10. The maximum absolute atomic E-state index is 12.2. The number of piperidine rings is 1. The highest BCUT2D eigenvalue weighted by atomic mass is 79.9. The van der Waals surface area contributed by atoms with Gasteiger partial charge in [-0.3, -0.25) is 9.00 Å². The van der Waals surface area contributed by atoms with E-state index in [4.69, 9.17) is 0 Å². The van der Waals surface area contributed by atoms with Crippen molar-refractivity contribution < 1.29 is 9.00 Å². The largest absolute Gasteiger partial charge is 0.353 e. The van der Waals surface area contributed by atoms with Crippen molar-refractivity contribution in [3.63, 3.8) is 0 Å². The summed E-state index contributed by atoms with van der Waals surface area (Å²) in [4.78, 5) is 12.9. The van der Waals surface area contributed by atoms with Gasteiger partial charge in [-0.25, -0.2) is 0 Å². The summed E-state index contributed by atoms with van der Waals surface area (Å²) < 4.78 is 13.2. The maximum atomic E-state index is 12.2. The summed E-state index contributed by atoms with van der Waals surface area (Å²) >= 11 is 3.37. The Morgan fingerprint density at radius 2 is 1.87 bits per heavy atom.